The van der Waals surface area contributed by atoms with Crippen LogP contribution in [-0.4, -0.2) is 18.3 Å². The molecule has 0 saturated carbocycles. The van der Waals surface area contributed by atoms with Crippen molar-refractivity contribution in [1.29, 1.82) is 0 Å². The summed E-state index contributed by atoms with van der Waals surface area (Å²) in [5, 5.41) is 7.32. The fourth-order valence-corrected chi connectivity index (χ4v) is 2.24. The molecule has 0 atom stereocenters. The lowest BCUT2D eigenvalue weighted by Gasteiger charge is -2.07. The molecular formula is C16H15Cl2N3O2. The van der Waals surface area contributed by atoms with Gasteiger partial charge < -0.3 is 15.9 Å². The molecule has 0 aliphatic heterocycles. The van der Waals surface area contributed by atoms with Crippen molar-refractivity contribution in [2.24, 2.45) is 10.9 Å². The molecular weight excluding hydrogens is 337 g/mol. The van der Waals surface area contributed by atoms with Gasteiger partial charge in [-0.25, -0.2) is 0 Å². The predicted molar refractivity (Wildman–Crippen MR) is 92.9 cm³/mol. The lowest BCUT2D eigenvalue weighted by molar-refractivity contribution is -0.120. The molecule has 1 amide bonds. The number of hydrogen-bond acceptors (Lipinski definition) is 3. The zero-order valence-corrected chi connectivity index (χ0v) is 13.9. The summed E-state index contributed by atoms with van der Waals surface area (Å²) in [5.74, 6) is -0.257. The number of carbonyl (C=O) groups is 1. The second-order valence-corrected chi connectivity index (χ2v) is 5.64. The molecule has 120 valence electrons. The Morgan fingerprint density at radius 1 is 1.26 bits per heavy atom. The third kappa shape index (κ3) is 5.16. The summed E-state index contributed by atoms with van der Waals surface area (Å²) in [4.78, 5) is 16.7. The van der Waals surface area contributed by atoms with E-state index in [1.54, 1.807) is 36.4 Å². The fourth-order valence-electron chi connectivity index (χ4n) is 1.77. The zero-order chi connectivity index (χ0) is 16.8. The number of amidine groups is 1. The number of aryl methyl sites for hydroxylation is 1. The maximum Gasteiger partial charge on any atom is 0.265 e. The van der Waals surface area contributed by atoms with Gasteiger partial charge in [0.25, 0.3) is 5.91 Å². The van der Waals surface area contributed by atoms with E-state index in [2.05, 4.69) is 10.5 Å². The van der Waals surface area contributed by atoms with Gasteiger partial charge in [-0.15, -0.1) is 0 Å². The molecule has 2 rings (SSSR count). The number of halogens is 2. The molecule has 0 bridgehead atoms. The fraction of sp³-hybridized carbons (Fsp3) is 0.125. The van der Waals surface area contributed by atoms with Gasteiger partial charge in [-0.1, -0.05) is 46.6 Å². The van der Waals surface area contributed by atoms with Crippen molar-refractivity contribution in [3.63, 3.8) is 0 Å². The molecule has 0 unspecified atom stereocenters. The van der Waals surface area contributed by atoms with E-state index in [-0.39, 0.29) is 12.4 Å². The molecule has 0 heterocycles. The Labute approximate surface area is 144 Å². The molecule has 0 aliphatic carbocycles. The van der Waals surface area contributed by atoms with Crippen LogP contribution in [0.2, 0.25) is 10.0 Å². The van der Waals surface area contributed by atoms with Gasteiger partial charge in [-0.2, -0.15) is 0 Å². The van der Waals surface area contributed by atoms with Crippen LogP contribution in [0.5, 0.6) is 0 Å². The number of nitrogens with two attached hydrogens (primary N) is 1. The molecule has 0 spiro atoms. The molecule has 2 aromatic rings. The highest BCUT2D eigenvalue weighted by molar-refractivity contribution is 6.33. The lowest BCUT2D eigenvalue weighted by atomic mass is 10.2. The topological polar surface area (TPSA) is 76.7 Å². The lowest BCUT2D eigenvalue weighted by Crippen LogP contribution is -2.19. The van der Waals surface area contributed by atoms with Gasteiger partial charge >= 0.3 is 0 Å². The van der Waals surface area contributed by atoms with E-state index in [1.165, 1.54) is 0 Å². The summed E-state index contributed by atoms with van der Waals surface area (Å²) in [7, 11) is 0. The van der Waals surface area contributed by atoms with Crippen LogP contribution < -0.4 is 11.1 Å². The molecule has 0 aliphatic rings. The Morgan fingerprint density at radius 3 is 2.74 bits per heavy atom. The van der Waals surface area contributed by atoms with Gasteiger partial charge in [0, 0.05) is 10.6 Å². The molecule has 0 saturated heterocycles. The van der Waals surface area contributed by atoms with Crippen molar-refractivity contribution in [3.8, 4) is 0 Å². The number of oxime groups is 1. The Hall–Kier alpha value is -2.24. The average molecular weight is 352 g/mol. The van der Waals surface area contributed by atoms with Gasteiger partial charge in [-0.05, 0) is 36.8 Å². The zero-order valence-electron chi connectivity index (χ0n) is 12.3. The molecule has 2 aromatic carbocycles. The van der Waals surface area contributed by atoms with Crippen LogP contribution in [-0.2, 0) is 9.63 Å². The SMILES string of the molecule is Cc1ccc(NC(=O)CO/N=C(\N)c2cccc(Cl)c2)c(Cl)c1. The minimum Gasteiger partial charge on any atom is -0.384 e. The predicted octanol–water partition coefficient (Wildman–Crippen LogP) is 3.58. The van der Waals surface area contributed by atoms with E-state index < -0.39 is 5.91 Å². The summed E-state index contributed by atoms with van der Waals surface area (Å²) in [6, 6.07) is 12.2. The van der Waals surface area contributed by atoms with Crippen molar-refractivity contribution < 1.29 is 9.63 Å². The van der Waals surface area contributed by atoms with E-state index in [4.69, 9.17) is 33.8 Å². The smallest absolute Gasteiger partial charge is 0.265 e. The number of anilines is 1. The first-order chi connectivity index (χ1) is 11.0. The summed E-state index contributed by atoms with van der Waals surface area (Å²) >= 11 is 11.9. The van der Waals surface area contributed by atoms with Crippen LogP contribution >= 0.6 is 23.2 Å². The highest BCUT2D eigenvalue weighted by Gasteiger charge is 2.07. The standard InChI is InChI=1S/C16H15Cl2N3O2/c1-10-5-6-14(13(18)7-10)20-15(22)9-23-21-16(19)11-3-2-4-12(17)8-11/h2-8H,9H2,1H3,(H2,19,21)(H,20,22). The second kappa shape index (κ2) is 7.85. The summed E-state index contributed by atoms with van der Waals surface area (Å²) in [6.45, 7) is 1.62. The maximum absolute atomic E-state index is 11.8. The van der Waals surface area contributed by atoms with E-state index in [0.717, 1.165) is 5.56 Å². The summed E-state index contributed by atoms with van der Waals surface area (Å²) in [6.07, 6.45) is 0. The van der Waals surface area contributed by atoms with Crippen LogP contribution in [0.1, 0.15) is 11.1 Å². The molecule has 23 heavy (non-hydrogen) atoms. The minimum atomic E-state index is -0.390. The Kier molecular flexibility index (Phi) is 5.84. The maximum atomic E-state index is 11.8. The van der Waals surface area contributed by atoms with Gasteiger partial charge in [0.15, 0.2) is 12.4 Å². The number of rotatable bonds is 5. The number of amides is 1. The molecule has 7 heteroatoms. The summed E-state index contributed by atoms with van der Waals surface area (Å²) < 4.78 is 0. The first-order valence-corrected chi connectivity index (χ1v) is 7.48. The van der Waals surface area contributed by atoms with Crippen LogP contribution in [0.4, 0.5) is 5.69 Å². The highest BCUT2D eigenvalue weighted by atomic mass is 35.5. The van der Waals surface area contributed by atoms with Crippen molar-refractivity contribution >= 4 is 40.6 Å². The van der Waals surface area contributed by atoms with Gasteiger partial charge in [-0.3, -0.25) is 4.79 Å². The average Bonchev–Trinajstić information content (AvgIpc) is 2.50. The molecule has 0 aromatic heterocycles. The molecule has 5 nitrogen and oxygen atoms in total. The highest BCUT2D eigenvalue weighted by Crippen LogP contribution is 2.22. The summed E-state index contributed by atoms with van der Waals surface area (Å²) in [5.41, 5.74) is 7.88. The third-order valence-corrected chi connectivity index (χ3v) is 3.43. The molecule has 3 N–H and O–H groups in total. The van der Waals surface area contributed by atoms with Crippen LogP contribution in [0, 0.1) is 6.92 Å². The third-order valence-electron chi connectivity index (χ3n) is 2.88. The number of carbonyl (C=O) groups excluding carboxylic acids is 1. The van der Waals surface area contributed by atoms with Crippen LogP contribution in [0.3, 0.4) is 0 Å². The van der Waals surface area contributed by atoms with E-state index in [0.29, 0.717) is 21.3 Å². The van der Waals surface area contributed by atoms with Gasteiger partial charge in [0.05, 0.1) is 10.7 Å². The minimum absolute atomic E-state index is 0.133. The first-order valence-electron chi connectivity index (χ1n) is 6.73. The quantitative estimate of drug-likeness (QED) is 0.491. The number of nitrogens with one attached hydrogen (secondary N) is 1. The Morgan fingerprint density at radius 2 is 2.04 bits per heavy atom. The van der Waals surface area contributed by atoms with E-state index in [1.807, 2.05) is 13.0 Å². The van der Waals surface area contributed by atoms with Crippen LogP contribution in [0.15, 0.2) is 47.6 Å². The molecule has 0 radical (unpaired) electrons. The number of nitrogens with zero attached hydrogens (tertiary/aromatic N) is 1. The Balaban J connectivity index is 1.90. The van der Waals surface area contributed by atoms with E-state index in [9.17, 15) is 4.79 Å². The number of hydrogen-bond donors (Lipinski definition) is 2. The second-order valence-electron chi connectivity index (χ2n) is 4.79. The van der Waals surface area contributed by atoms with Crippen LogP contribution in [0.25, 0.3) is 0 Å². The van der Waals surface area contributed by atoms with Crippen molar-refractivity contribution in [2.45, 2.75) is 6.92 Å². The van der Waals surface area contributed by atoms with Gasteiger partial charge in [0.2, 0.25) is 0 Å². The van der Waals surface area contributed by atoms with Crippen molar-refractivity contribution in [1.82, 2.24) is 0 Å². The molecule has 0 fully saturated rings. The first kappa shape index (κ1) is 17.1. The normalized spacial score (nSPS) is 11.2. The largest absolute Gasteiger partial charge is 0.384 e. The monoisotopic (exact) mass is 351 g/mol. The van der Waals surface area contributed by atoms with Crippen molar-refractivity contribution in [2.75, 3.05) is 11.9 Å². The van der Waals surface area contributed by atoms with E-state index >= 15 is 0 Å². The van der Waals surface area contributed by atoms with Gasteiger partial charge in [0.1, 0.15) is 0 Å². The number of benzene rings is 2. The Bertz CT molecular complexity index is 748. The van der Waals surface area contributed by atoms with Crippen molar-refractivity contribution in [3.05, 3.63) is 63.6 Å².